The van der Waals surface area contributed by atoms with E-state index in [2.05, 4.69) is 45.5 Å². The van der Waals surface area contributed by atoms with Crippen LogP contribution in [0.15, 0.2) is 54.2 Å². The average molecular weight is 447 g/mol. The Kier molecular flexibility index (Phi) is 6.43. The molecule has 1 fully saturated rings. The maximum atomic E-state index is 13.1. The van der Waals surface area contributed by atoms with E-state index in [1.165, 1.54) is 0 Å². The van der Waals surface area contributed by atoms with E-state index < -0.39 is 0 Å². The van der Waals surface area contributed by atoms with Crippen molar-refractivity contribution < 1.29 is 4.79 Å². The second-order valence-corrected chi connectivity index (χ2v) is 8.75. The summed E-state index contributed by atoms with van der Waals surface area (Å²) in [6, 6.07) is 7.83. The smallest absolute Gasteiger partial charge is 0.264 e. The number of piperazine rings is 1. The van der Waals surface area contributed by atoms with Gasteiger partial charge in [0.1, 0.15) is 0 Å². The summed E-state index contributed by atoms with van der Waals surface area (Å²) in [6.07, 6.45) is 5.07. The van der Waals surface area contributed by atoms with Crippen LogP contribution < -0.4 is 5.32 Å². The van der Waals surface area contributed by atoms with Crippen molar-refractivity contribution in [1.29, 1.82) is 0 Å². The zero-order chi connectivity index (χ0) is 22.7. The van der Waals surface area contributed by atoms with Crippen LogP contribution in [0.4, 0.5) is 11.6 Å². The molecule has 164 valence electrons. The molecule has 1 saturated heterocycles. The maximum absolute atomic E-state index is 13.1. The van der Waals surface area contributed by atoms with E-state index in [-0.39, 0.29) is 5.91 Å². The van der Waals surface area contributed by atoms with E-state index in [1.54, 1.807) is 35.8 Å². The first-order chi connectivity index (χ1) is 15.5. The Morgan fingerprint density at radius 3 is 2.75 bits per heavy atom. The number of hydrogen-bond acceptors (Lipinski definition) is 7. The Balaban J connectivity index is 1.59. The second-order valence-electron chi connectivity index (χ2n) is 7.70. The lowest BCUT2D eigenvalue weighted by Gasteiger charge is -2.32. The van der Waals surface area contributed by atoms with Crippen molar-refractivity contribution in [2.45, 2.75) is 6.92 Å². The Morgan fingerprint density at radius 1 is 1.25 bits per heavy atom. The molecule has 8 heteroatoms. The van der Waals surface area contributed by atoms with E-state index >= 15 is 0 Å². The van der Waals surface area contributed by atoms with Crippen LogP contribution >= 0.6 is 11.3 Å². The Hall–Kier alpha value is -3.36. The first kappa shape index (κ1) is 21.9. The molecule has 0 bridgehead atoms. The summed E-state index contributed by atoms with van der Waals surface area (Å²) in [5.74, 6) is 0.586. The highest BCUT2D eigenvalue weighted by Gasteiger charge is 2.24. The molecule has 1 aliphatic rings. The van der Waals surface area contributed by atoms with E-state index in [0.29, 0.717) is 17.3 Å². The number of carbonyl (C=O) groups excluding carboxylic acids is 1. The van der Waals surface area contributed by atoms with Crippen molar-refractivity contribution in [1.82, 2.24) is 19.8 Å². The van der Waals surface area contributed by atoms with Gasteiger partial charge in [-0.05, 0) is 62.0 Å². The maximum Gasteiger partial charge on any atom is 0.264 e. The van der Waals surface area contributed by atoms with Gasteiger partial charge < -0.3 is 15.1 Å². The van der Waals surface area contributed by atoms with E-state index in [1.807, 2.05) is 30.0 Å². The molecular formula is C24H26N6OS. The summed E-state index contributed by atoms with van der Waals surface area (Å²) in [7, 11) is 2.09. The quantitative estimate of drug-likeness (QED) is 0.450. The predicted molar refractivity (Wildman–Crippen MR) is 133 cm³/mol. The number of nitrogens with zero attached hydrogens (tertiary/aromatic N) is 5. The molecule has 3 heterocycles. The average Bonchev–Trinajstić information content (AvgIpc) is 3.13. The van der Waals surface area contributed by atoms with Gasteiger partial charge in [0.15, 0.2) is 0 Å². The van der Waals surface area contributed by atoms with Crippen LogP contribution in [0.1, 0.15) is 20.9 Å². The van der Waals surface area contributed by atoms with Crippen molar-refractivity contribution in [2.24, 2.45) is 4.99 Å². The molecular weight excluding hydrogens is 420 g/mol. The number of nitrogens with one attached hydrogen (secondary N) is 1. The lowest BCUT2D eigenvalue weighted by Crippen LogP contribution is -2.47. The van der Waals surface area contributed by atoms with Gasteiger partial charge >= 0.3 is 0 Å². The van der Waals surface area contributed by atoms with Crippen molar-refractivity contribution in [3.05, 3.63) is 65.3 Å². The fourth-order valence-electron chi connectivity index (χ4n) is 3.68. The van der Waals surface area contributed by atoms with Crippen LogP contribution in [0.3, 0.4) is 0 Å². The normalized spacial score (nSPS) is 15.1. The molecule has 0 aliphatic carbocycles. The minimum absolute atomic E-state index is 0.126. The lowest BCUT2D eigenvalue weighted by molar-refractivity contribution is 0.0668. The van der Waals surface area contributed by atoms with Gasteiger partial charge in [0.25, 0.3) is 5.91 Å². The van der Waals surface area contributed by atoms with Gasteiger partial charge in [-0.2, -0.15) is 0 Å². The molecule has 7 nitrogen and oxygen atoms in total. The monoisotopic (exact) mass is 446 g/mol. The van der Waals surface area contributed by atoms with E-state index in [4.69, 9.17) is 0 Å². The highest BCUT2D eigenvalue weighted by Crippen LogP contribution is 2.34. The number of fused-ring (bicyclic) bond motifs is 1. The van der Waals surface area contributed by atoms with Gasteiger partial charge in [0, 0.05) is 42.8 Å². The zero-order valence-corrected chi connectivity index (χ0v) is 19.2. The highest BCUT2D eigenvalue weighted by molar-refractivity contribution is 7.21. The second kappa shape index (κ2) is 9.42. The molecule has 4 rings (SSSR count). The van der Waals surface area contributed by atoms with Gasteiger partial charge in [0.2, 0.25) is 5.95 Å². The minimum atomic E-state index is 0.126. The number of amides is 1. The number of likely N-dealkylation sites (N-methyl/N-ethyl adjacent to an activating group) is 1. The summed E-state index contributed by atoms with van der Waals surface area (Å²) in [4.78, 5) is 31.0. The molecule has 1 aromatic carbocycles. The molecule has 1 N–H and O–H groups in total. The summed E-state index contributed by atoms with van der Waals surface area (Å²) in [5.41, 5.74) is 3.15. The molecule has 0 unspecified atom stereocenters. The lowest BCUT2D eigenvalue weighted by atomic mass is 10.1. The number of allylic oxidation sites excluding steroid dienone is 2. The van der Waals surface area contributed by atoms with Crippen molar-refractivity contribution in [3.63, 3.8) is 0 Å². The molecule has 0 saturated carbocycles. The number of aromatic nitrogens is 2. The molecule has 0 radical (unpaired) electrons. The summed E-state index contributed by atoms with van der Waals surface area (Å²) in [5, 5.41) is 4.32. The van der Waals surface area contributed by atoms with E-state index in [0.717, 1.165) is 52.4 Å². The van der Waals surface area contributed by atoms with Crippen LogP contribution in [-0.2, 0) is 0 Å². The minimum Gasteiger partial charge on any atom is -0.335 e. The standard InChI is InChI=1S/C24H26N6OS/c1-5-6-19(25-3)20-9-10-26-24(28-20)27-17-7-8-21-18(15-17)16(2)22(32-21)23(31)30-13-11-29(4)12-14-30/h5-10,15H,1,3,11-14H2,2,4H3,(H,26,27,28)/b19-6-. The van der Waals surface area contributed by atoms with Crippen molar-refractivity contribution in [2.75, 3.05) is 38.5 Å². The largest absolute Gasteiger partial charge is 0.335 e. The Labute approximate surface area is 191 Å². The molecule has 3 aromatic rings. The molecule has 1 amide bonds. The summed E-state index contributed by atoms with van der Waals surface area (Å²) >= 11 is 1.56. The Morgan fingerprint density at radius 2 is 2.03 bits per heavy atom. The molecule has 32 heavy (non-hydrogen) atoms. The number of rotatable bonds is 6. The third kappa shape index (κ3) is 4.46. The number of benzene rings is 1. The van der Waals surface area contributed by atoms with Crippen LogP contribution in [0.25, 0.3) is 15.8 Å². The predicted octanol–water partition coefficient (Wildman–Crippen LogP) is 4.36. The van der Waals surface area contributed by atoms with Gasteiger partial charge in [-0.3, -0.25) is 9.79 Å². The molecule has 0 atom stereocenters. The third-order valence-electron chi connectivity index (χ3n) is 5.54. The number of aliphatic imine (C=N–C) groups is 1. The number of carbonyl (C=O) groups is 1. The first-order valence-electron chi connectivity index (χ1n) is 10.4. The Bertz CT molecular complexity index is 1210. The van der Waals surface area contributed by atoms with Gasteiger partial charge in [0.05, 0.1) is 16.3 Å². The number of aryl methyl sites for hydroxylation is 1. The fraction of sp³-hybridized carbons (Fsp3) is 0.250. The number of hydrogen-bond donors (Lipinski definition) is 1. The summed E-state index contributed by atoms with van der Waals surface area (Å²) < 4.78 is 1.09. The summed E-state index contributed by atoms with van der Waals surface area (Å²) in [6.45, 7) is 12.7. The van der Waals surface area contributed by atoms with E-state index in [9.17, 15) is 4.79 Å². The van der Waals surface area contributed by atoms with Crippen LogP contribution in [-0.4, -0.2) is 65.6 Å². The zero-order valence-electron chi connectivity index (χ0n) is 18.3. The topological polar surface area (TPSA) is 73.7 Å². The van der Waals surface area contributed by atoms with Crippen LogP contribution in [0.2, 0.25) is 0 Å². The first-order valence-corrected chi connectivity index (χ1v) is 11.2. The van der Waals surface area contributed by atoms with Crippen LogP contribution in [0, 0.1) is 6.92 Å². The number of anilines is 2. The van der Waals surface area contributed by atoms with Crippen molar-refractivity contribution in [3.8, 4) is 0 Å². The molecule has 2 aromatic heterocycles. The van der Waals surface area contributed by atoms with Crippen molar-refractivity contribution >= 4 is 51.4 Å². The SMILES string of the molecule is C=C/C=C(\N=C)c1ccnc(Nc2ccc3sc(C(=O)N4CCN(C)CC4)c(C)c3c2)n1. The molecule has 1 aliphatic heterocycles. The number of thiophene rings is 1. The molecule has 0 spiro atoms. The highest BCUT2D eigenvalue weighted by atomic mass is 32.1. The van der Waals surface area contributed by atoms with Gasteiger partial charge in [-0.25, -0.2) is 9.97 Å². The fourth-order valence-corrected chi connectivity index (χ4v) is 4.83. The van der Waals surface area contributed by atoms with Gasteiger partial charge in [-0.1, -0.05) is 12.7 Å². The van der Waals surface area contributed by atoms with Gasteiger partial charge in [-0.15, -0.1) is 11.3 Å². The van der Waals surface area contributed by atoms with Crippen LogP contribution in [0.5, 0.6) is 0 Å². The third-order valence-corrected chi connectivity index (χ3v) is 6.80.